The van der Waals surface area contributed by atoms with Crippen LogP contribution < -0.4 is 0 Å². The van der Waals surface area contributed by atoms with E-state index in [-0.39, 0.29) is 5.56 Å². The minimum absolute atomic E-state index is 0.0423. The van der Waals surface area contributed by atoms with Gasteiger partial charge in [0.05, 0.1) is 5.56 Å². The van der Waals surface area contributed by atoms with E-state index in [0.717, 1.165) is 30.3 Å². The lowest BCUT2D eigenvalue weighted by Crippen LogP contribution is -2.31. The SMILES string of the molecule is COCc1ncc2c(n1)CCN(Cc1ccc(C(=O)O)cc1F)C2. The number of carbonyl (C=O) groups is 1. The molecule has 126 valence electrons. The number of hydrogen-bond acceptors (Lipinski definition) is 5. The van der Waals surface area contributed by atoms with Crippen LogP contribution in [-0.4, -0.2) is 39.6 Å². The molecule has 0 saturated heterocycles. The Balaban J connectivity index is 1.71. The molecule has 0 amide bonds. The average molecular weight is 331 g/mol. The number of fused-ring (bicyclic) bond motifs is 1. The lowest BCUT2D eigenvalue weighted by atomic mass is 10.1. The van der Waals surface area contributed by atoms with Gasteiger partial charge in [0.25, 0.3) is 0 Å². The van der Waals surface area contributed by atoms with E-state index in [1.807, 2.05) is 0 Å². The minimum Gasteiger partial charge on any atom is -0.478 e. The maximum Gasteiger partial charge on any atom is 0.335 e. The van der Waals surface area contributed by atoms with Gasteiger partial charge in [0.15, 0.2) is 5.82 Å². The first-order valence-corrected chi connectivity index (χ1v) is 7.63. The van der Waals surface area contributed by atoms with Crippen molar-refractivity contribution in [1.82, 2.24) is 14.9 Å². The first-order valence-electron chi connectivity index (χ1n) is 7.63. The second-order valence-corrected chi connectivity index (χ2v) is 5.76. The molecule has 1 aromatic carbocycles. The van der Waals surface area contributed by atoms with E-state index in [1.165, 1.54) is 12.1 Å². The molecule has 2 heterocycles. The number of ether oxygens (including phenoxy) is 1. The predicted molar refractivity (Wildman–Crippen MR) is 83.9 cm³/mol. The van der Waals surface area contributed by atoms with Crippen LogP contribution in [-0.2, 0) is 30.9 Å². The Kier molecular flexibility index (Phi) is 4.82. The van der Waals surface area contributed by atoms with Gasteiger partial charge in [0.1, 0.15) is 12.4 Å². The summed E-state index contributed by atoms with van der Waals surface area (Å²) in [4.78, 5) is 21.7. The molecule has 1 aliphatic rings. The molecule has 0 spiro atoms. The largest absolute Gasteiger partial charge is 0.478 e. The van der Waals surface area contributed by atoms with Crippen LogP contribution in [0.25, 0.3) is 0 Å². The molecule has 0 unspecified atom stereocenters. The van der Waals surface area contributed by atoms with Crippen LogP contribution in [0.2, 0.25) is 0 Å². The standard InChI is InChI=1S/C17H18FN3O3/c1-24-10-16-19-7-13-9-21(5-4-15(13)20-16)8-12-3-2-11(17(22)23)6-14(12)18/h2-3,6-7H,4-5,8-10H2,1H3,(H,22,23). The van der Waals surface area contributed by atoms with Gasteiger partial charge in [-0.1, -0.05) is 6.07 Å². The van der Waals surface area contributed by atoms with E-state index < -0.39 is 11.8 Å². The van der Waals surface area contributed by atoms with Gasteiger partial charge in [-0.2, -0.15) is 0 Å². The Bertz CT molecular complexity index is 767. The average Bonchev–Trinajstić information content (AvgIpc) is 2.57. The lowest BCUT2D eigenvalue weighted by Gasteiger charge is -2.28. The zero-order chi connectivity index (χ0) is 17.1. The molecule has 1 aromatic heterocycles. The summed E-state index contributed by atoms with van der Waals surface area (Å²) in [7, 11) is 1.61. The molecule has 6 nitrogen and oxygen atoms in total. The highest BCUT2D eigenvalue weighted by Crippen LogP contribution is 2.20. The number of halogens is 1. The monoisotopic (exact) mass is 331 g/mol. The number of benzene rings is 1. The van der Waals surface area contributed by atoms with Crippen LogP contribution >= 0.6 is 0 Å². The Morgan fingerprint density at radius 1 is 1.46 bits per heavy atom. The quantitative estimate of drug-likeness (QED) is 0.903. The van der Waals surface area contributed by atoms with Gasteiger partial charge in [0.2, 0.25) is 0 Å². The summed E-state index contributed by atoms with van der Waals surface area (Å²) in [5.41, 5.74) is 2.48. The van der Waals surface area contributed by atoms with Gasteiger partial charge in [-0.3, -0.25) is 4.90 Å². The Morgan fingerprint density at radius 3 is 3.00 bits per heavy atom. The Morgan fingerprint density at radius 2 is 2.29 bits per heavy atom. The van der Waals surface area contributed by atoms with E-state index in [0.29, 0.717) is 31.1 Å². The van der Waals surface area contributed by atoms with Crippen molar-refractivity contribution in [2.75, 3.05) is 13.7 Å². The number of carboxylic acids is 1. The summed E-state index contributed by atoms with van der Waals surface area (Å²) in [6.45, 7) is 2.21. The number of aromatic carboxylic acids is 1. The normalized spacial score (nSPS) is 14.4. The van der Waals surface area contributed by atoms with Gasteiger partial charge in [0, 0.05) is 56.2 Å². The number of aromatic nitrogens is 2. The van der Waals surface area contributed by atoms with Crippen LogP contribution in [0.5, 0.6) is 0 Å². The maximum absolute atomic E-state index is 14.1. The van der Waals surface area contributed by atoms with E-state index in [2.05, 4.69) is 14.9 Å². The van der Waals surface area contributed by atoms with Crippen molar-refractivity contribution in [3.63, 3.8) is 0 Å². The molecule has 0 saturated carbocycles. The molecule has 2 aromatic rings. The fourth-order valence-corrected chi connectivity index (χ4v) is 2.80. The third-order valence-corrected chi connectivity index (χ3v) is 4.03. The zero-order valence-electron chi connectivity index (χ0n) is 13.3. The Labute approximate surface area is 138 Å². The molecule has 24 heavy (non-hydrogen) atoms. The van der Waals surface area contributed by atoms with E-state index >= 15 is 0 Å². The second-order valence-electron chi connectivity index (χ2n) is 5.76. The summed E-state index contributed by atoms with van der Waals surface area (Å²) in [5.74, 6) is -0.955. The molecule has 0 bridgehead atoms. The van der Waals surface area contributed by atoms with Gasteiger partial charge in [-0.05, 0) is 12.1 Å². The maximum atomic E-state index is 14.1. The van der Waals surface area contributed by atoms with Crippen LogP contribution in [0.15, 0.2) is 24.4 Å². The van der Waals surface area contributed by atoms with Gasteiger partial charge < -0.3 is 9.84 Å². The summed E-state index contributed by atoms with van der Waals surface area (Å²) in [6.07, 6.45) is 2.57. The molecular formula is C17H18FN3O3. The van der Waals surface area contributed by atoms with E-state index in [4.69, 9.17) is 9.84 Å². The summed E-state index contributed by atoms with van der Waals surface area (Å²) in [5, 5.41) is 8.89. The van der Waals surface area contributed by atoms with Crippen LogP contribution in [0, 0.1) is 5.82 Å². The summed E-state index contributed by atoms with van der Waals surface area (Å²) in [6, 6.07) is 4.03. The van der Waals surface area contributed by atoms with Crippen LogP contribution in [0.1, 0.15) is 33.0 Å². The van der Waals surface area contributed by atoms with Crippen molar-refractivity contribution in [2.24, 2.45) is 0 Å². The van der Waals surface area contributed by atoms with Crippen molar-refractivity contribution >= 4 is 5.97 Å². The molecule has 0 aliphatic carbocycles. The smallest absolute Gasteiger partial charge is 0.335 e. The van der Waals surface area contributed by atoms with Crippen molar-refractivity contribution in [1.29, 1.82) is 0 Å². The Hall–Kier alpha value is -2.38. The third kappa shape index (κ3) is 3.58. The molecule has 1 aliphatic heterocycles. The molecule has 0 fully saturated rings. The minimum atomic E-state index is -1.13. The number of carboxylic acid groups (broad SMARTS) is 1. The van der Waals surface area contributed by atoms with Crippen LogP contribution in [0.4, 0.5) is 4.39 Å². The van der Waals surface area contributed by atoms with Crippen molar-refractivity contribution in [3.8, 4) is 0 Å². The highest BCUT2D eigenvalue weighted by atomic mass is 19.1. The molecule has 1 N–H and O–H groups in total. The van der Waals surface area contributed by atoms with Gasteiger partial charge >= 0.3 is 5.97 Å². The predicted octanol–water partition coefficient (Wildman–Crippen LogP) is 2.02. The second kappa shape index (κ2) is 7.02. The van der Waals surface area contributed by atoms with Gasteiger partial charge in [-0.15, -0.1) is 0 Å². The van der Waals surface area contributed by atoms with Crippen molar-refractivity contribution in [2.45, 2.75) is 26.1 Å². The highest BCUT2D eigenvalue weighted by molar-refractivity contribution is 5.87. The van der Waals surface area contributed by atoms with Crippen molar-refractivity contribution in [3.05, 3.63) is 58.4 Å². The van der Waals surface area contributed by atoms with Crippen LogP contribution in [0.3, 0.4) is 0 Å². The summed E-state index contributed by atoms with van der Waals surface area (Å²) < 4.78 is 19.1. The van der Waals surface area contributed by atoms with E-state index in [9.17, 15) is 9.18 Å². The third-order valence-electron chi connectivity index (χ3n) is 4.03. The number of hydrogen-bond donors (Lipinski definition) is 1. The highest BCUT2D eigenvalue weighted by Gasteiger charge is 2.20. The lowest BCUT2D eigenvalue weighted by molar-refractivity contribution is 0.0696. The number of nitrogens with zero attached hydrogens (tertiary/aromatic N) is 3. The molecule has 7 heteroatoms. The first kappa shape index (κ1) is 16.5. The molecule has 3 rings (SSSR count). The summed E-state index contributed by atoms with van der Waals surface area (Å²) >= 11 is 0. The fourth-order valence-electron chi connectivity index (χ4n) is 2.80. The van der Waals surface area contributed by atoms with Crippen molar-refractivity contribution < 1.29 is 19.0 Å². The molecule has 0 atom stereocenters. The molecule has 0 radical (unpaired) electrons. The topological polar surface area (TPSA) is 75.6 Å². The number of rotatable bonds is 5. The van der Waals surface area contributed by atoms with E-state index in [1.54, 1.807) is 13.3 Å². The number of methoxy groups -OCH3 is 1. The fraction of sp³-hybridized carbons (Fsp3) is 0.353. The zero-order valence-corrected chi connectivity index (χ0v) is 13.3. The molecular weight excluding hydrogens is 313 g/mol. The van der Waals surface area contributed by atoms with Gasteiger partial charge in [-0.25, -0.2) is 19.2 Å². The first-order chi connectivity index (χ1) is 11.6.